The number of ether oxygens (including phenoxy) is 2. The molecular formula is C18H15Cl2F3N2O5S. The second-order valence-corrected chi connectivity index (χ2v) is 7.73. The minimum atomic E-state index is -4.89. The monoisotopic (exact) mass is 498 g/mol. The molecule has 0 aliphatic carbocycles. The van der Waals surface area contributed by atoms with Crippen molar-refractivity contribution in [2.45, 2.75) is 11.1 Å². The number of nitrogens with zero attached hydrogens (tertiary/aromatic N) is 2. The lowest BCUT2D eigenvalue weighted by molar-refractivity contribution is -0.144. The number of thioether (sulfide) groups is 1. The van der Waals surface area contributed by atoms with Crippen molar-refractivity contribution in [2.75, 3.05) is 20.0 Å². The first-order chi connectivity index (χ1) is 14.4. The molecule has 0 aliphatic rings. The number of benzene rings is 1. The van der Waals surface area contributed by atoms with Gasteiger partial charge in [-0.3, -0.25) is 9.36 Å². The summed E-state index contributed by atoms with van der Waals surface area (Å²) in [6.45, 7) is 0. The Morgan fingerprint density at radius 1 is 1.13 bits per heavy atom. The van der Waals surface area contributed by atoms with Gasteiger partial charge in [-0.25, -0.2) is 14.2 Å². The van der Waals surface area contributed by atoms with E-state index in [2.05, 4.69) is 4.74 Å². The van der Waals surface area contributed by atoms with Gasteiger partial charge in [-0.15, -0.1) is 11.8 Å². The molecule has 0 amide bonds. The number of aromatic nitrogens is 2. The molecule has 7 nitrogen and oxygen atoms in total. The van der Waals surface area contributed by atoms with E-state index in [-0.39, 0.29) is 27.2 Å². The van der Waals surface area contributed by atoms with Crippen molar-refractivity contribution in [3.63, 3.8) is 0 Å². The van der Waals surface area contributed by atoms with E-state index in [4.69, 9.17) is 27.9 Å². The molecule has 13 heteroatoms. The summed E-state index contributed by atoms with van der Waals surface area (Å²) in [5.41, 5.74) is -3.98. The van der Waals surface area contributed by atoms with Gasteiger partial charge >= 0.3 is 17.8 Å². The van der Waals surface area contributed by atoms with E-state index in [9.17, 15) is 27.6 Å². The van der Waals surface area contributed by atoms with Gasteiger partial charge in [0.2, 0.25) is 0 Å². The zero-order valence-electron chi connectivity index (χ0n) is 16.3. The first-order valence-corrected chi connectivity index (χ1v) is 9.99. The van der Waals surface area contributed by atoms with Gasteiger partial charge in [-0.1, -0.05) is 23.2 Å². The number of halogens is 5. The summed E-state index contributed by atoms with van der Waals surface area (Å²) in [6.07, 6.45) is -3.77. The molecule has 0 radical (unpaired) electrons. The highest BCUT2D eigenvalue weighted by Crippen LogP contribution is 2.34. The maximum absolute atomic E-state index is 13.1. The van der Waals surface area contributed by atoms with Gasteiger partial charge < -0.3 is 9.47 Å². The fraction of sp³-hybridized carbons (Fsp3) is 0.278. The Morgan fingerprint density at radius 2 is 1.77 bits per heavy atom. The number of methoxy groups -OCH3 is 2. The van der Waals surface area contributed by atoms with Crippen molar-refractivity contribution < 1.29 is 27.4 Å². The molecule has 0 N–H and O–H groups in total. The lowest BCUT2D eigenvalue weighted by Crippen LogP contribution is -2.40. The van der Waals surface area contributed by atoms with Crippen LogP contribution in [0.5, 0.6) is 0 Å². The average Bonchev–Trinajstić information content (AvgIpc) is 2.69. The van der Waals surface area contributed by atoms with Gasteiger partial charge in [0.1, 0.15) is 11.5 Å². The quantitative estimate of drug-likeness (QED) is 0.261. The lowest BCUT2D eigenvalue weighted by atomic mass is 10.3. The topological polar surface area (TPSA) is 79.5 Å². The number of rotatable bonds is 6. The maximum Gasteiger partial charge on any atom is 0.431 e. The molecule has 2 aromatic rings. The van der Waals surface area contributed by atoms with Gasteiger partial charge in [0, 0.05) is 18.0 Å². The molecule has 31 heavy (non-hydrogen) atoms. The van der Waals surface area contributed by atoms with Crippen molar-refractivity contribution in [3.8, 4) is 5.69 Å². The van der Waals surface area contributed by atoms with Gasteiger partial charge in [0.25, 0.3) is 5.56 Å². The second-order valence-electron chi connectivity index (χ2n) is 5.90. The number of hydrogen-bond acceptors (Lipinski definition) is 6. The smallest absolute Gasteiger partial charge is 0.431 e. The molecule has 0 bridgehead atoms. The van der Waals surface area contributed by atoms with Crippen LogP contribution >= 0.6 is 35.0 Å². The van der Waals surface area contributed by atoms with Crippen LogP contribution in [0.1, 0.15) is 5.69 Å². The maximum atomic E-state index is 13.1. The molecule has 1 aromatic heterocycles. The van der Waals surface area contributed by atoms with Crippen molar-refractivity contribution in [3.05, 3.63) is 66.6 Å². The van der Waals surface area contributed by atoms with Crippen LogP contribution in [0.15, 0.2) is 44.5 Å². The van der Waals surface area contributed by atoms with Crippen molar-refractivity contribution >= 4 is 40.9 Å². The molecule has 0 saturated heterocycles. The van der Waals surface area contributed by atoms with Crippen LogP contribution in [-0.4, -0.2) is 35.1 Å². The van der Waals surface area contributed by atoms with Crippen LogP contribution in [0.2, 0.25) is 10.0 Å². The van der Waals surface area contributed by atoms with Crippen LogP contribution in [0, 0.1) is 0 Å². The Morgan fingerprint density at radius 3 is 2.32 bits per heavy atom. The molecule has 168 valence electrons. The Hall–Kier alpha value is -2.37. The van der Waals surface area contributed by atoms with Crippen molar-refractivity contribution in [1.29, 1.82) is 0 Å². The van der Waals surface area contributed by atoms with E-state index in [1.807, 2.05) is 0 Å². The summed E-state index contributed by atoms with van der Waals surface area (Å²) in [5.74, 6) is -0.279. The Kier molecular flexibility index (Phi) is 7.90. The van der Waals surface area contributed by atoms with Gasteiger partial charge in [-0.2, -0.15) is 13.2 Å². The summed E-state index contributed by atoms with van der Waals surface area (Å²) in [7, 11) is 3.43. The summed E-state index contributed by atoms with van der Waals surface area (Å²) < 4.78 is 49.6. The van der Waals surface area contributed by atoms with E-state index in [0.717, 1.165) is 24.9 Å². The van der Waals surface area contributed by atoms with Crippen LogP contribution in [0.4, 0.5) is 13.2 Å². The molecule has 0 aliphatic heterocycles. The molecular weight excluding hydrogens is 484 g/mol. The third-order valence-electron chi connectivity index (χ3n) is 3.96. The largest absolute Gasteiger partial charge is 0.500 e. The first-order valence-electron chi connectivity index (χ1n) is 8.25. The lowest BCUT2D eigenvalue weighted by Gasteiger charge is -2.16. The summed E-state index contributed by atoms with van der Waals surface area (Å²) in [6, 6.07) is 2.85. The number of hydrogen-bond donors (Lipinski definition) is 0. The van der Waals surface area contributed by atoms with E-state index < -0.39 is 29.1 Å². The highest BCUT2D eigenvalue weighted by molar-refractivity contribution is 7.99. The van der Waals surface area contributed by atoms with E-state index in [1.54, 1.807) is 0 Å². The minimum absolute atomic E-state index is 0.117. The SMILES string of the molecule is COC(=O)C=C(CSc1cc(-n2c(=O)cc(C(F)(F)F)n(C)c2=O)c(Cl)cc1Cl)OC. The summed E-state index contributed by atoms with van der Waals surface area (Å²) in [4.78, 5) is 36.6. The predicted octanol–water partition coefficient (Wildman–Crippen LogP) is 3.66. The summed E-state index contributed by atoms with van der Waals surface area (Å²) >= 11 is 13.4. The van der Waals surface area contributed by atoms with Gasteiger partial charge in [0.15, 0.2) is 0 Å². The van der Waals surface area contributed by atoms with Crippen LogP contribution < -0.4 is 11.2 Å². The third kappa shape index (κ3) is 5.66. The average molecular weight is 499 g/mol. The molecule has 0 fully saturated rings. The summed E-state index contributed by atoms with van der Waals surface area (Å²) in [5, 5.41) is 0.0365. The third-order valence-corrected chi connectivity index (χ3v) is 5.77. The molecule has 0 saturated carbocycles. The first kappa shape index (κ1) is 24.9. The molecule has 0 unspecified atom stereocenters. The highest BCUT2D eigenvalue weighted by atomic mass is 35.5. The van der Waals surface area contributed by atoms with Gasteiger partial charge in [0.05, 0.1) is 41.8 Å². The Balaban J connectivity index is 2.55. The van der Waals surface area contributed by atoms with Crippen LogP contribution in [-0.2, 0) is 27.5 Å². The van der Waals surface area contributed by atoms with Crippen molar-refractivity contribution in [1.82, 2.24) is 9.13 Å². The second kappa shape index (κ2) is 9.84. The van der Waals surface area contributed by atoms with Gasteiger partial charge in [-0.05, 0) is 12.1 Å². The highest BCUT2D eigenvalue weighted by Gasteiger charge is 2.35. The van der Waals surface area contributed by atoms with E-state index >= 15 is 0 Å². The molecule has 0 atom stereocenters. The number of alkyl halides is 3. The fourth-order valence-electron chi connectivity index (χ4n) is 2.42. The number of carbonyl (C=O) groups is 1. The van der Waals surface area contributed by atoms with Crippen molar-refractivity contribution in [2.24, 2.45) is 7.05 Å². The standard InChI is InChI=1S/C18H15Cl2F3N2O5S/c1-24-14(18(21,22)23)7-15(26)25(17(24)28)12-6-13(11(20)5-10(12)19)31-8-9(29-2)4-16(27)30-3/h4-7H,8H2,1-3H3. The van der Waals surface area contributed by atoms with E-state index in [0.29, 0.717) is 20.1 Å². The molecule has 1 heterocycles. The fourth-order valence-corrected chi connectivity index (χ4v) is 3.94. The predicted molar refractivity (Wildman–Crippen MR) is 110 cm³/mol. The van der Waals surface area contributed by atoms with Crippen LogP contribution in [0.3, 0.4) is 0 Å². The Bertz CT molecular complexity index is 1160. The minimum Gasteiger partial charge on any atom is -0.500 e. The molecule has 1 aromatic carbocycles. The van der Waals surface area contributed by atoms with E-state index in [1.165, 1.54) is 26.4 Å². The van der Waals surface area contributed by atoms with Crippen LogP contribution in [0.25, 0.3) is 5.69 Å². The zero-order chi connectivity index (χ0) is 23.5. The zero-order valence-corrected chi connectivity index (χ0v) is 18.6. The normalized spacial score (nSPS) is 12.1. The molecule has 0 spiro atoms. The number of carbonyl (C=O) groups excluding carboxylic acids is 1. The molecule has 2 rings (SSSR count). The number of esters is 1. The Labute approximate surface area is 188 Å².